The van der Waals surface area contributed by atoms with E-state index in [1.165, 1.54) is 0 Å². The molecule has 4 rings (SSSR count). The van der Waals surface area contributed by atoms with E-state index in [0.29, 0.717) is 29.7 Å². The van der Waals surface area contributed by atoms with Gasteiger partial charge >= 0.3 is 5.97 Å². The number of piperidine rings is 1. The monoisotopic (exact) mass is 475 g/mol. The van der Waals surface area contributed by atoms with Crippen LogP contribution in [0.25, 0.3) is 0 Å². The van der Waals surface area contributed by atoms with Crippen LogP contribution < -0.4 is 0 Å². The van der Waals surface area contributed by atoms with Crippen LogP contribution in [0.2, 0.25) is 10.0 Å². The maximum Gasteiger partial charge on any atom is 0.304 e. The Morgan fingerprint density at radius 2 is 1.91 bits per heavy atom. The van der Waals surface area contributed by atoms with Crippen LogP contribution in [0.15, 0.2) is 48.5 Å². The second kappa shape index (κ2) is 9.42. The van der Waals surface area contributed by atoms with Crippen molar-refractivity contribution in [1.29, 1.82) is 0 Å². The van der Waals surface area contributed by atoms with E-state index in [9.17, 15) is 14.7 Å². The van der Waals surface area contributed by atoms with Gasteiger partial charge in [0.25, 0.3) is 0 Å². The van der Waals surface area contributed by atoms with Crippen LogP contribution in [-0.2, 0) is 14.3 Å². The molecule has 2 saturated heterocycles. The Labute approximate surface area is 198 Å². The molecule has 0 spiro atoms. The first kappa shape index (κ1) is 23.1. The molecule has 2 aliphatic heterocycles. The number of amides is 1. The number of carbonyl (C=O) groups excluding carboxylic acids is 1. The van der Waals surface area contributed by atoms with Crippen molar-refractivity contribution in [3.63, 3.8) is 0 Å². The molecule has 2 fully saturated rings. The number of aliphatic carboxylic acids is 1. The van der Waals surface area contributed by atoms with Crippen molar-refractivity contribution in [2.24, 2.45) is 5.41 Å². The highest BCUT2D eigenvalue weighted by molar-refractivity contribution is 6.30. The number of benzene rings is 2. The smallest absolute Gasteiger partial charge is 0.304 e. The van der Waals surface area contributed by atoms with Crippen molar-refractivity contribution < 1.29 is 19.4 Å². The Balaban J connectivity index is 1.87. The van der Waals surface area contributed by atoms with E-state index < -0.39 is 11.4 Å². The van der Waals surface area contributed by atoms with Gasteiger partial charge in [-0.2, -0.15) is 0 Å². The number of nitrogens with zero attached hydrogens (tertiary/aromatic N) is 1. The van der Waals surface area contributed by atoms with E-state index in [2.05, 4.69) is 0 Å². The van der Waals surface area contributed by atoms with E-state index in [0.717, 1.165) is 24.0 Å². The third-order valence-electron chi connectivity index (χ3n) is 6.66. The number of rotatable bonds is 5. The fraction of sp³-hybridized carbons (Fsp3) is 0.440. The lowest BCUT2D eigenvalue weighted by Gasteiger charge is -2.52. The summed E-state index contributed by atoms with van der Waals surface area (Å²) in [6.07, 6.45) is 1.87. The molecule has 0 bridgehead atoms. The normalized spacial score (nSPS) is 28.5. The average molecular weight is 476 g/mol. The minimum absolute atomic E-state index is 0.118. The van der Waals surface area contributed by atoms with Crippen molar-refractivity contribution in [3.05, 3.63) is 69.7 Å². The Hall–Kier alpha value is -2.08. The van der Waals surface area contributed by atoms with Crippen molar-refractivity contribution in [2.75, 3.05) is 13.2 Å². The fourth-order valence-electron chi connectivity index (χ4n) is 5.22. The molecule has 7 heteroatoms. The molecule has 0 saturated carbocycles. The summed E-state index contributed by atoms with van der Waals surface area (Å²) >= 11 is 12.5. The molecule has 2 aromatic carbocycles. The van der Waals surface area contributed by atoms with Crippen molar-refractivity contribution in [3.8, 4) is 0 Å². The molecule has 1 N–H and O–H groups in total. The summed E-state index contributed by atoms with van der Waals surface area (Å²) in [5.74, 6) is -1.23. The number of carbonyl (C=O) groups is 2. The summed E-state index contributed by atoms with van der Waals surface area (Å²) in [5.41, 5.74) is 0.929. The number of halogens is 2. The topological polar surface area (TPSA) is 66.8 Å². The van der Waals surface area contributed by atoms with Gasteiger partial charge in [0, 0.05) is 22.6 Å². The van der Waals surface area contributed by atoms with E-state index in [4.69, 9.17) is 27.9 Å². The number of ether oxygens (including phenoxy) is 1. The maximum absolute atomic E-state index is 13.9. The van der Waals surface area contributed by atoms with Crippen LogP contribution in [0.5, 0.6) is 0 Å². The van der Waals surface area contributed by atoms with Crippen LogP contribution in [0, 0.1) is 5.41 Å². The molecular formula is C25H27Cl2NO4. The van der Waals surface area contributed by atoms with Gasteiger partial charge in [-0.05, 0) is 54.7 Å². The van der Waals surface area contributed by atoms with E-state index in [-0.39, 0.29) is 30.3 Å². The first-order valence-corrected chi connectivity index (χ1v) is 11.7. The predicted molar refractivity (Wildman–Crippen MR) is 124 cm³/mol. The molecule has 5 nitrogen and oxygen atoms in total. The van der Waals surface area contributed by atoms with Gasteiger partial charge in [-0.15, -0.1) is 0 Å². The summed E-state index contributed by atoms with van der Waals surface area (Å²) in [7, 11) is 0. The SMILES string of the molecule is C[C@@]1(CC(=O)O)C[C@H](c2cccc(Cl)c2)[C@@H](c2ccc(Cl)cc2)N([C@H]2CCCOC2)C1=O. The summed E-state index contributed by atoms with van der Waals surface area (Å²) in [6, 6.07) is 14.8. The summed E-state index contributed by atoms with van der Waals surface area (Å²) in [4.78, 5) is 27.6. The highest BCUT2D eigenvalue weighted by atomic mass is 35.5. The molecule has 2 aliphatic rings. The Morgan fingerprint density at radius 1 is 1.16 bits per heavy atom. The number of hydrogen-bond acceptors (Lipinski definition) is 3. The molecule has 170 valence electrons. The Kier molecular flexibility index (Phi) is 6.80. The first-order valence-electron chi connectivity index (χ1n) is 10.9. The predicted octanol–water partition coefficient (Wildman–Crippen LogP) is 5.71. The van der Waals surface area contributed by atoms with Gasteiger partial charge in [-0.25, -0.2) is 0 Å². The van der Waals surface area contributed by atoms with Gasteiger partial charge in [0.2, 0.25) is 5.91 Å². The summed E-state index contributed by atoms with van der Waals surface area (Å²) in [6.45, 7) is 2.89. The van der Waals surface area contributed by atoms with Crippen molar-refractivity contribution >= 4 is 35.1 Å². The number of carboxylic acid groups (broad SMARTS) is 1. The summed E-state index contributed by atoms with van der Waals surface area (Å²) < 4.78 is 5.74. The van der Waals surface area contributed by atoms with Crippen molar-refractivity contribution in [1.82, 2.24) is 4.90 Å². The third kappa shape index (κ3) is 4.66. The molecule has 0 aliphatic carbocycles. The van der Waals surface area contributed by atoms with Gasteiger partial charge in [0.15, 0.2) is 0 Å². The lowest BCUT2D eigenvalue weighted by atomic mass is 9.67. The lowest BCUT2D eigenvalue weighted by Crippen LogP contribution is -2.57. The molecule has 32 heavy (non-hydrogen) atoms. The number of hydrogen-bond donors (Lipinski definition) is 1. The minimum atomic E-state index is -1.03. The molecule has 2 heterocycles. The van der Waals surface area contributed by atoms with Crippen LogP contribution in [0.4, 0.5) is 0 Å². The minimum Gasteiger partial charge on any atom is -0.481 e. The highest BCUT2D eigenvalue weighted by Crippen LogP contribution is 2.52. The van der Waals surface area contributed by atoms with Gasteiger partial charge in [-0.3, -0.25) is 9.59 Å². The Bertz CT molecular complexity index is 990. The number of carboxylic acids is 1. The lowest BCUT2D eigenvalue weighted by molar-refractivity contribution is -0.163. The molecule has 4 atom stereocenters. The van der Waals surface area contributed by atoms with Gasteiger partial charge in [-0.1, -0.05) is 54.4 Å². The van der Waals surface area contributed by atoms with Gasteiger partial charge < -0.3 is 14.7 Å². The quantitative estimate of drug-likeness (QED) is 0.600. The van der Waals surface area contributed by atoms with E-state index >= 15 is 0 Å². The molecule has 1 amide bonds. The molecule has 0 radical (unpaired) electrons. The molecular weight excluding hydrogens is 449 g/mol. The zero-order chi connectivity index (χ0) is 22.9. The second-order valence-electron chi connectivity index (χ2n) is 9.08. The van der Waals surface area contributed by atoms with E-state index in [1.807, 2.05) is 53.4 Å². The largest absolute Gasteiger partial charge is 0.481 e. The third-order valence-corrected chi connectivity index (χ3v) is 7.15. The standard InChI is InChI=1S/C25H27Cl2NO4/c1-25(14-22(29)30)13-21(17-4-2-5-19(27)12-17)23(16-7-9-18(26)10-8-16)28(24(25)31)20-6-3-11-32-15-20/h2,4-5,7-10,12,20-21,23H,3,6,11,13-15H2,1H3,(H,29,30)/t20-,21+,23+,25-/m0/s1. The molecule has 0 unspecified atom stereocenters. The van der Waals surface area contributed by atoms with E-state index in [1.54, 1.807) is 6.92 Å². The van der Waals surface area contributed by atoms with Gasteiger partial charge in [0.05, 0.1) is 30.5 Å². The Morgan fingerprint density at radius 3 is 2.53 bits per heavy atom. The maximum atomic E-state index is 13.9. The van der Waals surface area contributed by atoms with Crippen LogP contribution >= 0.6 is 23.2 Å². The second-order valence-corrected chi connectivity index (χ2v) is 9.95. The highest BCUT2D eigenvalue weighted by Gasteiger charge is 2.52. The fourth-order valence-corrected chi connectivity index (χ4v) is 5.55. The molecule has 0 aromatic heterocycles. The van der Waals surface area contributed by atoms with Crippen LogP contribution in [0.1, 0.15) is 55.7 Å². The zero-order valence-corrected chi connectivity index (χ0v) is 19.5. The average Bonchev–Trinajstić information content (AvgIpc) is 2.76. The number of likely N-dealkylation sites (tertiary alicyclic amines) is 1. The zero-order valence-electron chi connectivity index (χ0n) is 18.0. The van der Waals surface area contributed by atoms with Crippen LogP contribution in [0.3, 0.4) is 0 Å². The van der Waals surface area contributed by atoms with Crippen LogP contribution in [-0.4, -0.2) is 41.1 Å². The molecule has 2 aromatic rings. The van der Waals surface area contributed by atoms with Gasteiger partial charge in [0.1, 0.15) is 0 Å². The summed E-state index contributed by atoms with van der Waals surface area (Å²) in [5, 5.41) is 10.9. The first-order chi connectivity index (χ1) is 15.3. The van der Waals surface area contributed by atoms with Crippen molar-refractivity contribution in [2.45, 2.75) is 50.6 Å².